The van der Waals surface area contributed by atoms with E-state index in [0.29, 0.717) is 27.1 Å². The van der Waals surface area contributed by atoms with Gasteiger partial charge in [0.25, 0.3) is 5.91 Å². The SMILES string of the molecule is Cc1nc(-c2ccc(C(F)(F)F)cc2)sc1C(=O)NCCC(=O)N1CCCC(C)C1. The van der Waals surface area contributed by atoms with Gasteiger partial charge in [0, 0.05) is 31.6 Å². The molecule has 1 aliphatic rings. The fraction of sp³-hybridized carbons (Fsp3) is 0.476. The third kappa shape index (κ3) is 5.38. The summed E-state index contributed by atoms with van der Waals surface area (Å²) in [4.78, 5) is 31.4. The quantitative estimate of drug-likeness (QED) is 0.745. The molecule has 2 heterocycles. The normalized spacial score (nSPS) is 17.1. The Balaban J connectivity index is 1.58. The number of amides is 2. The van der Waals surface area contributed by atoms with Crippen LogP contribution in [0.4, 0.5) is 13.2 Å². The molecule has 30 heavy (non-hydrogen) atoms. The zero-order chi connectivity index (χ0) is 21.9. The number of carbonyl (C=O) groups is 2. The highest BCUT2D eigenvalue weighted by atomic mass is 32.1. The van der Waals surface area contributed by atoms with Crippen LogP contribution in [0.2, 0.25) is 0 Å². The first-order chi connectivity index (χ1) is 14.1. The Hall–Kier alpha value is -2.42. The summed E-state index contributed by atoms with van der Waals surface area (Å²) >= 11 is 1.12. The van der Waals surface area contributed by atoms with E-state index < -0.39 is 11.7 Å². The summed E-state index contributed by atoms with van der Waals surface area (Å²) in [6.45, 7) is 5.57. The molecule has 0 aliphatic carbocycles. The Labute approximate surface area is 177 Å². The van der Waals surface area contributed by atoms with Gasteiger partial charge in [0.1, 0.15) is 9.88 Å². The average molecular weight is 440 g/mol. The second kappa shape index (κ2) is 9.16. The van der Waals surface area contributed by atoms with Crippen LogP contribution in [0.5, 0.6) is 0 Å². The fourth-order valence-corrected chi connectivity index (χ4v) is 4.46. The maximum Gasteiger partial charge on any atom is 0.416 e. The molecule has 1 aromatic carbocycles. The van der Waals surface area contributed by atoms with E-state index in [1.54, 1.807) is 6.92 Å². The number of nitrogens with one attached hydrogen (secondary N) is 1. The van der Waals surface area contributed by atoms with Crippen molar-refractivity contribution in [3.05, 3.63) is 40.4 Å². The first-order valence-electron chi connectivity index (χ1n) is 9.86. The van der Waals surface area contributed by atoms with Crippen molar-refractivity contribution in [2.45, 2.75) is 39.3 Å². The molecular weight excluding hydrogens is 415 g/mol. The number of likely N-dealkylation sites (tertiary alicyclic amines) is 1. The van der Waals surface area contributed by atoms with Gasteiger partial charge in [-0.25, -0.2) is 4.98 Å². The van der Waals surface area contributed by atoms with Crippen molar-refractivity contribution in [3.8, 4) is 10.6 Å². The van der Waals surface area contributed by atoms with Crippen LogP contribution < -0.4 is 5.32 Å². The summed E-state index contributed by atoms with van der Waals surface area (Å²) in [6, 6.07) is 4.69. The predicted molar refractivity (Wildman–Crippen MR) is 109 cm³/mol. The highest BCUT2D eigenvalue weighted by molar-refractivity contribution is 7.17. The van der Waals surface area contributed by atoms with Gasteiger partial charge in [-0.05, 0) is 37.8 Å². The molecule has 5 nitrogen and oxygen atoms in total. The van der Waals surface area contributed by atoms with Gasteiger partial charge < -0.3 is 10.2 Å². The number of rotatable bonds is 5. The van der Waals surface area contributed by atoms with E-state index in [9.17, 15) is 22.8 Å². The maximum absolute atomic E-state index is 12.7. The zero-order valence-corrected chi connectivity index (χ0v) is 17.7. The van der Waals surface area contributed by atoms with E-state index in [1.807, 2.05) is 4.90 Å². The first-order valence-corrected chi connectivity index (χ1v) is 10.7. The smallest absolute Gasteiger partial charge is 0.351 e. The molecule has 9 heteroatoms. The predicted octanol–water partition coefficient (Wildman–Crippen LogP) is 4.52. The minimum atomic E-state index is -4.40. The number of hydrogen-bond donors (Lipinski definition) is 1. The topological polar surface area (TPSA) is 62.3 Å². The highest BCUT2D eigenvalue weighted by Gasteiger charge is 2.30. The molecule has 1 unspecified atom stereocenters. The third-order valence-electron chi connectivity index (χ3n) is 5.10. The molecule has 162 valence electrons. The van der Waals surface area contributed by atoms with Crippen LogP contribution in [0, 0.1) is 12.8 Å². The van der Waals surface area contributed by atoms with Crippen LogP contribution in [-0.2, 0) is 11.0 Å². The van der Waals surface area contributed by atoms with Gasteiger partial charge in [0.15, 0.2) is 0 Å². The molecule has 0 spiro atoms. The number of nitrogens with zero attached hydrogens (tertiary/aromatic N) is 2. The Morgan fingerprint density at radius 2 is 1.97 bits per heavy atom. The van der Waals surface area contributed by atoms with Gasteiger partial charge in [-0.1, -0.05) is 19.1 Å². The van der Waals surface area contributed by atoms with E-state index in [2.05, 4.69) is 17.2 Å². The summed E-state index contributed by atoms with van der Waals surface area (Å²) in [6.07, 6.45) is -2.02. The molecule has 0 bridgehead atoms. The Morgan fingerprint density at radius 3 is 2.60 bits per heavy atom. The number of halogens is 3. The van der Waals surface area contributed by atoms with Crippen molar-refractivity contribution >= 4 is 23.2 Å². The van der Waals surface area contributed by atoms with Gasteiger partial charge >= 0.3 is 6.18 Å². The van der Waals surface area contributed by atoms with Crippen LogP contribution in [-0.4, -0.2) is 41.3 Å². The van der Waals surface area contributed by atoms with E-state index in [1.165, 1.54) is 12.1 Å². The molecule has 1 fully saturated rings. The summed E-state index contributed by atoms with van der Waals surface area (Å²) in [7, 11) is 0. The van der Waals surface area contributed by atoms with Gasteiger partial charge in [0.05, 0.1) is 11.3 Å². The summed E-state index contributed by atoms with van der Waals surface area (Å²) in [5.41, 5.74) is 0.290. The molecule has 1 atom stereocenters. The Bertz CT molecular complexity index is 909. The van der Waals surface area contributed by atoms with Crippen molar-refractivity contribution in [2.75, 3.05) is 19.6 Å². The van der Waals surface area contributed by atoms with Crippen molar-refractivity contribution in [1.82, 2.24) is 15.2 Å². The lowest BCUT2D eigenvalue weighted by Gasteiger charge is -2.31. The van der Waals surface area contributed by atoms with Crippen molar-refractivity contribution < 1.29 is 22.8 Å². The number of piperidine rings is 1. The number of aromatic nitrogens is 1. The van der Waals surface area contributed by atoms with Crippen LogP contribution in [0.3, 0.4) is 0 Å². The molecule has 1 aliphatic heterocycles. The van der Waals surface area contributed by atoms with E-state index >= 15 is 0 Å². The summed E-state index contributed by atoms with van der Waals surface area (Å²) in [5.74, 6) is 0.206. The molecule has 2 aromatic rings. The van der Waals surface area contributed by atoms with E-state index in [0.717, 1.165) is 49.4 Å². The average Bonchev–Trinajstić information content (AvgIpc) is 3.09. The lowest BCUT2D eigenvalue weighted by molar-refractivity contribution is -0.137. The van der Waals surface area contributed by atoms with Crippen molar-refractivity contribution in [2.24, 2.45) is 5.92 Å². The van der Waals surface area contributed by atoms with Gasteiger partial charge in [-0.2, -0.15) is 13.2 Å². The summed E-state index contributed by atoms with van der Waals surface area (Å²) < 4.78 is 38.1. The molecule has 1 aromatic heterocycles. The Kier molecular flexibility index (Phi) is 6.80. The molecule has 2 amide bonds. The van der Waals surface area contributed by atoms with Crippen molar-refractivity contribution in [3.63, 3.8) is 0 Å². The minimum absolute atomic E-state index is 0.0355. The number of carbonyl (C=O) groups excluding carboxylic acids is 2. The van der Waals surface area contributed by atoms with Gasteiger partial charge in [-0.3, -0.25) is 9.59 Å². The molecule has 1 N–H and O–H groups in total. The number of benzene rings is 1. The maximum atomic E-state index is 12.7. The molecule has 3 rings (SSSR count). The highest BCUT2D eigenvalue weighted by Crippen LogP contribution is 2.33. The van der Waals surface area contributed by atoms with Crippen LogP contribution in [0.25, 0.3) is 10.6 Å². The van der Waals surface area contributed by atoms with Crippen molar-refractivity contribution in [1.29, 1.82) is 0 Å². The molecule has 1 saturated heterocycles. The largest absolute Gasteiger partial charge is 0.416 e. The number of thiazole rings is 1. The lowest BCUT2D eigenvalue weighted by Crippen LogP contribution is -2.40. The van der Waals surface area contributed by atoms with Crippen LogP contribution >= 0.6 is 11.3 Å². The lowest BCUT2D eigenvalue weighted by atomic mass is 10.00. The number of aryl methyl sites for hydroxylation is 1. The zero-order valence-electron chi connectivity index (χ0n) is 16.9. The minimum Gasteiger partial charge on any atom is -0.351 e. The van der Waals surface area contributed by atoms with Crippen LogP contribution in [0.1, 0.15) is 47.1 Å². The fourth-order valence-electron chi connectivity index (χ4n) is 3.47. The van der Waals surface area contributed by atoms with E-state index in [4.69, 9.17) is 0 Å². The molecule has 0 saturated carbocycles. The standard InChI is InChI=1S/C21H24F3N3O2S/c1-13-4-3-11-27(12-13)17(28)9-10-25-19(29)18-14(2)26-20(30-18)15-5-7-16(8-6-15)21(22,23)24/h5-8,13H,3-4,9-12H2,1-2H3,(H,25,29). The first kappa shape index (κ1) is 22.3. The van der Waals surface area contributed by atoms with Gasteiger partial charge in [0.2, 0.25) is 5.91 Å². The molecule has 0 radical (unpaired) electrons. The van der Waals surface area contributed by atoms with Crippen LogP contribution in [0.15, 0.2) is 24.3 Å². The van der Waals surface area contributed by atoms with Gasteiger partial charge in [-0.15, -0.1) is 11.3 Å². The second-order valence-corrected chi connectivity index (χ2v) is 8.60. The van der Waals surface area contributed by atoms with E-state index in [-0.39, 0.29) is 24.8 Å². The second-order valence-electron chi connectivity index (χ2n) is 7.60. The Morgan fingerprint density at radius 1 is 1.27 bits per heavy atom. The monoisotopic (exact) mass is 439 g/mol. The summed E-state index contributed by atoms with van der Waals surface area (Å²) in [5, 5.41) is 3.23. The number of hydrogen-bond acceptors (Lipinski definition) is 4. The third-order valence-corrected chi connectivity index (χ3v) is 6.30. The number of alkyl halides is 3. The molecular formula is C21H24F3N3O2S.